The number of hydrogen-bond donors (Lipinski definition) is 1. The Labute approximate surface area is 126 Å². The Morgan fingerprint density at radius 3 is 2.48 bits per heavy atom. The van der Waals surface area contributed by atoms with Crippen LogP contribution in [0.5, 0.6) is 0 Å². The summed E-state index contributed by atoms with van der Waals surface area (Å²) in [6, 6.07) is 9.48. The lowest BCUT2D eigenvalue weighted by atomic mass is 9.93. The predicted molar refractivity (Wildman–Crippen MR) is 80.5 cm³/mol. The monoisotopic (exact) mass is 286 g/mol. The van der Waals surface area contributed by atoms with E-state index in [1.165, 1.54) is 6.42 Å². The molecule has 0 aliphatic heterocycles. The minimum atomic E-state index is 0.00953. The van der Waals surface area contributed by atoms with Gasteiger partial charge in [0.25, 0.3) is 0 Å². The average molecular weight is 286 g/mol. The molecule has 1 fully saturated rings. The molecule has 1 aromatic carbocycles. The van der Waals surface area contributed by atoms with Gasteiger partial charge in [0.15, 0.2) is 0 Å². The minimum Gasteiger partial charge on any atom is -0.395 e. The SMILES string of the molecule is N#Cc1ccc(CC(=O)N(CCO)C2CCCCC2)cc1. The van der Waals surface area contributed by atoms with Crippen LogP contribution in [0.3, 0.4) is 0 Å². The first-order valence-corrected chi connectivity index (χ1v) is 7.64. The zero-order chi connectivity index (χ0) is 15.1. The highest BCUT2D eigenvalue weighted by Crippen LogP contribution is 2.23. The van der Waals surface area contributed by atoms with Gasteiger partial charge in [0.1, 0.15) is 0 Å². The number of carbonyl (C=O) groups excluding carboxylic acids is 1. The van der Waals surface area contributed by atoms with Gasteiger partial charge in [-0.15, -0.1) is 0 Å². The molecule has 0 radical (unpaired) electrons. The maximum Gasteiger partial charge on any atom is 0.227 e. The molecule has 0 atom stereocenters. The summed E-state index contributed by atoms with van der Waals surface area (Å²) in [6.07, 6.45) is 5.99. The van der Waals surface area contributed by atoms with Gasteiger partial charge in [-0.3, -0.25) is 4.79 Å². The lowest BCUT2D eigenvalue weighted by Gasteiger charge is -2.34. The third-order valence-corrected chi connectivity index (χ3v) is 4.12. The van der Waals surface area contributed by atoms with Crippen LogP contribution in [0.2, 0.25) is 0 Å². The molecule has 1 aromatic rings. The lowest BCUT2D eigenvalue weighted by molar-refractivity contribution is -0.134. The average Bonchev–Trinajstić information content (AvgIpc) is 2.54. The Bertz CT molecular complexity index is 499. The Balaban J connectivity index is 2.01. The Morgan fingerprint density at radius 2 is 1.90 bits per heavy atom. The number of aliphatic hydroxyl groups excluding tert-OH is 1. The molecule has 4 nitrogen and oxygen atoms in total. The van der Waals surface area contributed by atoms with Crippen LogP contribution in [0.25, 0.3) is 0 Å². The zero-order valence-electron chi connectivity index (χ0n) is 12.3. The fraction of sp³-hybridized carbons (Fsp3) is 0.529. The summed E-state index contributed by atoms with van der Waals surface area (Å²) < 4.78 is 0. The normalized spacial score (nSPS) is 15.4. The number of benzene rings is 1. The maximum absolute atomic E-state index is 12.5. The standard InChI is InChI=1S/C17H22N2O2/c18-13-15-8-6-14(7-9-15)12-17(21)19(10-11-20)16-4-2-1-3-5-16/h6-9,16,20H,1-5,10-12H2. The first-order valence-electron chi connectivity index (χ1n) is 7.64. The third-order valence-electron chi connectivity index (χ3n) is 4.12. The highest BCUT2D eigenvalue weighted by atomic mass is 16.3. The number of hydrogen-bond acceptors (Lipinski definition) is 3. The number of carbonyl (C=O) groups is 1. The fourth-order valence-electron chi connectivity index (χ4n) is 2.98. The first kappa shape index (κ1) is 15.5. The fourth-order valence-corrected chi connectivity index (χ4v) is 2.98. The Morgan fingerprint density at radius 1 is 1.24 bits per heavy atom. The molecule has 0 heterocycles. The molecule has 1 N–H and O–H groups in total. The van der Waals surface area contributed by atoms with E-state index >= 15 is 0 Å². The topological polar surface area (TPSA) is 64.3 Å². The molecule has 0 aromatic heterocycles. The van der Waals surface area contributed by atoms with Crippen molar-refractivity contribution in [3.05, 3.63) is 35.4 Å². The van der Waals surface area contributed by atoms with Crippen LogP contribution < -0.4 is 0 Å². The summed E-state index contributed by atoms with van der Waals surface area (Å²) in [5, 5.41) is 18.0. The largest absolute Gasteiger partial charge is 0.395 e. The molecular weight excluding hydrogens is 264 g/mol. The molecule has 21 heavy (non-hydrogen) atoms. The molecule has 1 amide bonds. The van der Waals surface area contributed by atoms with Crippen molar-refractivity contribution in [2.75, 3.05) is 13.2 Å². The van der Waals surface area contributed by atoms with Crippen molar-refractivity contribution in [1.82, 2.24) is 4.90 Å². The van der Waals surface area contributed by atoms with Crippen molar-refractivity contribution < 1.29 is 9.90 Å². The molecule has 4 heteroatoms. The van der Waals surface area contributed by atoms with Gasteiger partial charge in [-0.2, -0.15) is 5.26 Å². The molecular formula is C17H22N2O2. The summed E-state index contributed by atoms with van der Waals surface area (Å²) in [7, 11) is 0. The van der Waals surface area contributed by atoms with Crippen LogP contribution in [0.1, 0.15) is 43.2 Å². The van der Waals surface area contributed by atoms with E-state index in [2.05, 4.69) is 6.07 Å². The number of aliphatic hydroxyl groups is 1. The summed E-state index contributed by atoms with van der Waals surface area (Å²) in [6.45, 7) is 0.426. The Kier molecular flexibility index (Phi) is 5.77. The van der Waals surface area contributed by atoms with E-state index in [-0.39, 0.29) is 18.6 Å². The first-order chi connectivity index (χ1) is 10.2. The molecule has 112 valence electrons. The van der Waals surface area contributed by atoms with Crippen molar-refractivity contribution >= 4 is 5.91 Å². The van der Waals surface area contributed by atoms with Gasteiger partial charge >= 0.3 is 0 Å². The van der Waals surface area contributed by atoms with Crippen LogP contribution in [-0.2, 0) is 11.2 Å². The third kappa shape index (κ3) is 4.30. The molecule has 0 unspecified atom stereocenters. The van der Waals surface area contributed by atoms with Gasteiger partial charge in [0, 0.05) is 12.6 Å². The van der Waals surface area contributed by atoms with Gasteiger partial charge < -0.3 is 10.0 Å². The minimum absolute atomic E-state index is 0.00953. The van der Waals surface area contributed by atoms with E-state index in [9.17, 15) is 9.90 Å². The van der Waals surface area contributed by atoms with E-state index in [1.54, 1.807) is 12.1 Å². The van der Waals surface area contributed by atoms with Crippen molar-refractivity contribution in [3.63, 3.8) is 0 Å². The van der Waals surface area contributed by atoms with Crippen molar-refractivity contribution in [2.24, 2.45) is 0 Å². The van der Waals surface area contributed by atoms with Gasteiger partial charge in [-0.25, -0.2) is 0 Å². The molecule has 0 spiro atoms. The number of rotatable bonds is 5. The number of nitrogens with zero attached hydrogens (tertiary/aromatic N) is 2. The van der Waals surface area contributed by atoms with Crippen LogP contribution in [-0.4, -0.2) is 35.1 Å². The second kappa shape index (κ2) is 7.80. The molecule has 0 bridgehead atoms. The zero-order valence-corrected chi connectivity index (χ0v) is 12.3. The highest BCUT2D eigenvalue weighted by molar-refractivity contribution is 5.79. The summed E-state index contributed by atoms with van der Waals surface area (Å²) in [4.78, 5) is 14.4. The van der Waals surface area contributed by atoms with E-state index in [0.29, 0.717) is 18.5 Å². The molecule has 1 aliphatic carbocycles. The van der Waals surface area contributed by atoms with Crippen molar-refractivity contribution in [1.29, 1.82) is 5.26 Å². The van der Waals surface area contributed by atoms with Crippen LogP contribution in [0.15, 0.2) is 24.3 Å². The van der Waals surface area contributed by atoms with E-state index in [1.807, 2.05) is 17.0 Å². The van der Waals surface area contributed by atoms with Crippen LogP contribution >= 0.6 is 0 Å². The van der Waals surface area contributed by atoms with Gasteiger partial charge in [0.05, 0.1) is 24.7 Å². The second-order valence-electron chi connectivity index (χ2n) is 5.59. The number of nitriles is 1. The summed E-state index contributed by atoms with van der Waals surface area (Å²) in [5.74, 6) is 0.0701. The van der Waals surface area contributed by atoms with Gasteiger partial charge in [-0.05, 0) is 30.5 Å². The molecule has 1 saturated carbocycles. The van der Waals surface area contributed by atoms with E-state index < -0.39 is 0 Å². The smallest absolute Gasteiger partial charge is 0.227 e. The summed E-state index contributed by atoms with van der Waals surface area (Å²) in [5.41, 5.74) is 1.52. The van der Waals surface area contributed by atoms with Crippen molar-refractivity contribution in [3.8, 4) is 6.07 Å². The highest BCUT2D eigenvalue weighted by Gasteiger charge is 2.24. The van der Waals surface area contributed by atoms with Gasteiger partial charge in [0.2, 0.25) is 5.91 Å². The van der Waals surface area contributed by atoms with Gasteiger partial charge in [-0.1, -0.05) is 31.4 Å². The van der Waals surface area contributed by atoms with Crippen molar-refractivity contribution in [2.45, 2.75) is 44.6 Å². The van der Waals surface area contributed by atoms with E-state index in [0.717, 1.165) is 31.2 Å². The van der Waals surface area contributed by atoms with Crippen LogP contribution in [0.4, 0.5) is 0 Å². The summed E-state index contributed by atoms with van der Waals surface area (Å²) >= 11 is 0. The quantitative estimate of drug-likeness (QED) is 0.903. The second-order valence-corrected chi connectivity index (χ2v) is 5.59. The van der Waals surface area contributed by atoms with Crippen LogP contribution in [0, 0.1) is 11.3 Å². The predicted octanol–water partition coefficient (Wildman–Crippen LogP) is 2.25. The molecule has 2 rings (SSSR count). The Hall–Kier alpha value is -1.86. The van der Waals surface area contributed by atoms with E-state index in [4.69, 9.17) is 5.26 Å². The molecule has 0 saturated heterocycles. The maximum atomic E-state index is 12.5. The molecule has 1 aliphatic rings. The number of amides is 1. The lowest BCUT2D eigenvalue weighted by Crippen LogP contribution is -2.43.